The van der Waals surface area contributed by atoms with Gasteiger partial charge in [0.25, 0.3) is 5.91 Å². The van der Waals surface area contributed by atoms with Crippen molar-refractivity contribution in [3.8, 4) is 0 Å². The molecule has 1 N–H and O–H groups in total. The third kappa shape index (κ3) is 3.87. The van der Waals surface area contributed by atoms with Gasteiger partial charge in [-0.3, -0.25) is 10.1 Å². The van der Waals surface area contributed by atoms with Crippen molar-refractivity contribution in [1.82, 2.24) is 25.0 Å². The molecule has 4 heterocycles. The fourth-order valence-electron chi connectivity index (χ4n) is 4.40. The monoisotopic (exact) mass is 458 g/mol. The molecule has 3 unspecified atom stereocenters. The molecule has 0 saturated carbocycles. The Kier molecular flexibility index (Phi) is 5.51. The average Bonchev–Trinajstić information content (AvgIpc) is 3.48. The molecule has 1 aromatic heterocycles. The molecule has 3 aliphatic heterocycles. The first-order valence-electron chi connectivity index (χ1n) is 10.7. The number of nitrogens with zero attached hydrogens (tertiary/aromatic N) is 5. The molecule has 2 saturated heterocycles. The van der Waals surface area contributed by atoms with Gasteiger partial charge in [0.15, 0.2) is 22.5 Å². The van der Waals surface area contributed by atoms with Crippen LogP contribution in [-0.2, 0) is 4.79 Å². The Bertz CT molecular complexity index is 1000. The minimum atomic E-state index is -0.465. The lowest BCUT2D eigenvalue weighted by molar-refractivity contribution is -0.127. The van der Waals surface area contributed by atoms with Gasteiger partial charge in [0.05, 0.1) is 10.2 Å². The molecule has 2 aromatic rings. The lowest BCUT2D eigenvalue weighted by Gasteiger charge is -2.38. The van der Waals surface area contributed by atoms with E-state index >= 15 is 0 Å². The van der Waals surface area contributed by atoms with Gasteiger partial charge in [-0.05, 0) is 30.9 Å². The van der Waals surface area contributed by atoms with Gasteiger partial charge < -0.3 is 14.7 Å². The number of aromatic nitrogens is 1. The molecule has 0 radical (unpaired) electrons. The van der Waals surface area contributed by atoms with Crippen LogP contribution >= 0.6 is 23.1 Å². The number of imide groups is 1. The van der Waals surface area contributed by atoms with E-state index in [0.29, 0.717) is 12.5 Å². The van der Waals surface area contributed by atoms with Crippen molar-refractivity contribution in [2.45, 2.75) is 36.3 Å². The van der Waals surface area contributed by atoms with Crippen LogP contribution in [0.4, 0.5) is 4.79 Å². The zero-order chi connectivity index (χ0) is 21.5. The standard InChI is InChI=1S/C21H26N6O2S2/c1-13(12-30-21-22-14-7-3-4-8-15(14)31-21)11-27-16-17(25(2)20(29)24-18(16)28)23-19(27)26-9-5-6-10-26/h3-4,7-8,13,16-17H,5-6,9-12H2,1-2H3,(H,24,28,29). The number of benzene rings is 1. The predicted molar refractivity (Wildman–Crippen MR) is 123 cm³/mol. The number of carbonyl (C=O) groups excluding carboxylic acids is 2. The molecule has 164 valence electrons. The predicted octanol–water partition coefficient (Wildman–Crippen LogP) is 2.67. The highest BCUT2D eigenvalue weighted by Gasteiger charge is 2.50. The molecule has 3 amide bonds. The van der Waals surface area contributed by atoms with Crippen molar-refractivity contribution in [3.63, 3.8) is 0 Å². The molecule has 8 nitrogen and oxygen atoms in total. The lowest BCUT2D eigenvalue weighted by Crippen LogP contribution is -2.64. The fraction of sp³-hybridized carbons (Fsp3) is 0.524. The second kappa shape index (κ2) is 8.31. The summed E-state index contributed by atoms with van der Waals surface area (Å²) in [7, 11) is 1.71. The quantitative estimate of drug-likeness (QED) is 0.694. The number of carbonyl (C=O) groups is 2. The first-order chi connectivity index (χ1) is 15.0. The number of hydrogen-bond acceptors (Lipinski definition) is 8. The number of para-hydroxylation sites is 1. The van der Waals surface area contributed by atoms with Gasteiger partial charge >= 0.3 is 6.03 Å². The van der Waals surface area contributed by atoms with Crippen molar-refractivity contribution in [2.24, 2.45) is 10.9 Å². The van der Waals surface area contributed by atoms with Crippen molar-refractivity contribution < 1.29 is 9.59 Å². The first kappa shape index (κ1) is 20.6. The molecule has 0 spiro atoms. The van der Waals surface area contributed by atoms with E-state index in [1.807, 2.05) is 18.2 Å². The van der Waals surface area contributed by atoms with Crippen molar-refractivity contribution >= 4 is 51.2 Å². The van der Waals surface area contributed by atoms with Gasteiger partial charge in [-0.1, -0.05) is 30.8 Å². The van der Waals surface area contributed by atoms with Crippen LogP contribution in [0.15, 0.2) is 33.6 Å². The molecule has 3 atom stereocenters. The summed E-state index contributed by atoms with van der Waals surface area (Å²) in [6.07, 6.45) is 1.80. The summed E-state index contributed by atoms with van der Waals surface area (Å²) in [5.74, 6) is 1.83. The number of aliphatic imine (C=N–C) groups is 1. The number of amides is 3. The van der Waals surface area contributed by atoms with Gasteiger partial charge in [0.2, 0.25) is 0 Å². The topological polar surface area (TPSA) is 81.1 Å². The van der Waals surface area contributed by atoms with E-state index in [-0.39, 0.29) is 11.9 Å². The Balaban J connectivity index is 1.31. The van der Waals surface area contributed by atoms with E-state index in [0.717, 1.165) is 47.5 Å². The molecule has 1 aromatic carbocycles. The minimum absolute atomic E-state index is 0.253. The normalized spacial score (nSPS) is 24.6. The maximum absolute atomic E-state index is 12.8. The number of thioether (sulfide) groups is 1. The summed E-state index contributed by atoms with van der Waals surface area (Å²) in [5, 5.41) is 2.49. The maximum atomic E-state index is 12.8. The second-order valence-electron chi connectivity index (χ2n) is 8.40. The zero-order valence-electron chi connectivity index (χ0n) is 17.7. The highest BCUT2D eigenvalue weighted by Crippen LogP contribution is 2.32. The Morgan fingerprint density at radius 2 is 2.03 bits per heavy atom. The number of rotatable bonds is 5. The van der Waals surface area contributed by atoms with Crippen molar-refractivity contribution in [3.05, 3.63) is 24.3 Å². The number of nitrogens with one attached hydrogen (secondary N) is 1. The number of likely N-dealkylation sites (tertiary alicyclic amines) is 1. The molecule has 10 heteroatoms. The summed E-state index contributed by atoms with van der Waals surface area (Å²) < 4.78 is 2.27. The van der Waals surface area contributed by atoms with Gasteiger partial charge in [-0.2, -0.15) is 0 Å². The van der Waals surface area contributed by atoms with E-state index in [1.54, 1.807) is 35.0 Å². The van der Waals surface area contributed by atoms with Crippen LogP contribution < -0.4 is 5.32 Å². The molecule has 2 fully saturated rings. The number of guanidine groups is 1. The van der Waals surface area contributed by atoms with Crippen LogP contribution in [0, 0.1) is 5.92 Å². The van der Waals surface area contributed by atoms with E-state index in [1.165, 1.54) is 4.70 Å². The summed E-state index contributed by atoms with van der Waals surface area (Å²) in [6, 6.07) is 7.35. The smallest absolute Gasteiger partial charge is 0.325 e. The number of urea groups is 1. The SMILES string of the molecule is CC(CSc1nc2ccccc2s1)CN1C(N2CCCC2)=NC2C1C(=O)NC(=O)N2C. The van der Waals surface area contributed by atoms with Crippen LogP contribution in [0.2, 0.25) is 0 Å². The van der Waals surface area contributed by atoms with Gasteiger partial charge in [0, 0.05) is 32.4 Å². The Labute approximate surface area is 189 Å². The highest BCUT2D eigenvalue weighted by atomic mass is 32.2. The number of thiazole rings is 1. The average molecular weight is 459 g/mol. The summed E-state index contributed by atoms with van der Waals surface area (Å²) >= 11 is 3.48. The minimum Gasteiger partial charge on any atom is -0.343 e. The second-order valence-corrected chi connectivity index (χ2v) is 10.7. The van der Waals surface area contributed by atoms with Crippen LogP contribution in [0.1, 0.15) is 19.8 Å². The van der Waals surface area contributed by atoms with Crippen molar-refractivity contribution in [2.75, 3.05) is 32.4 Å². The molecule has 3 aliphatic rings. The zero-order valence-corrected chi connectivity index (χ0v) is 19.3. The molecule has 0 bridgehead atoms. The molecule has 31 heavy (non-hydrogen) atoms. The molecule has 0 aliphatic carbocycles. The van der Waals surface area contributed by atoms with Gasteiger partial charge in [-0.15, -0.1) is 11.3 Å². The third-order valence-corrected chi connectivity index (χ3v) is 8.51. The maximum Gasteiger partial charge on any atom is 0.325 e. The van der Waals surface area contributed by atoms with E-state index in [9.17, 15) is 9.59 Å². The fourth-order valence-corrected chi connectivity index (χ4v) is 6.50. The highest BCUT2D eigenvalue weighted by molar-refractivity contribution is 8.01. The molecular formula is C21H26N6O2S2. The summed E-state index contributed by atoms with van der Waals surface area (Å²) in [6.45, 7) is 4.81. The summed E-state index contributed by atoms with van der Waals surface area (Å²) in [5.41, 5.74) is 1.04. The molecular weight excluding hydrogens is 432 g/mol. The Morgan fingerprint density at radius 3 is 2.81 bits per heavy atom. The van der Waals surface area contributed by atoms with Crippen LogP contribution in [0.3, 0.4) is 0 Å². The number of likely N-dealkylation sites (N-methyl/N-ethyl adjacent to an activating group) is 1. The lowest BCUT2D eigenvalue weighted by atomic mass is 10.1. The molecule has 5 rings (SSSR count). The largest absolute Gasteiger partial charge is 0.343 e. The van der Waals surface area contributed by atoms with E-state index in [4.69, 9.17) is 9.98 Å². The Hall–Kier alpha value is -2.33. The number of fused-ring (bicyclic) bond motifs is 2. The summed E-state index contributed by atoms with van der Waals surface area (Å²) in [4.78, 5) is 40.4. The van der Waals surface area contributed by atoms with Crippen LogP contribution in [0.5, 0.6) is 0 Å². The Morgan fingerprint density at radius 1 is 1.26 bits per heavy atom. The third-order valence-electron chi connectivity index (χ3n) is 6.00. The van der Waals surface area contributed by atoms with Gasteiger partial charge in [0.1, 0.15) is 0 Å². The van der Waals surface area contributed by atoms with Gasteiger partial charge in [-0.25, -0.2) is 14.8 Å². The van der Waals surface area contributed by atoms with E-state index in [2.05, 4.69) is 28.1 Å². The van der Waals surface area contributed by atoms with E-state index < -0.39 is 12.2 Å². The first-order valence-corrected chi connectivity index (χ1v) is 12.5. The van der Waals surface area contributed by atoms with Crippen LogP contribution in [-0.4, -0.2) is 82.2 Å². The van der Waals surface area contributed by atoms with Crippen LogP contribution in [0.25, 0.3) is 10.2 Å². The number of hydrogen-bond donors (Lipinski definition) is 1. The van der Waals surface area contributed by atoms with Crippen molar-refractivity contribution in [1.29, 1.82) is 0 Å².